The van der Waals surface area contributed by atoms with Gasteiger partial charge in [-0.3, -0.25) is 23.9 Å². The van der Waals surface area contributed by atoms with Gasteiger partial charge in [0.15, 0.2) is 12.3 Å². The topological polar surface area (TPSA) is 127 Å². The van der Waals surface area contributed by atoms with Crippen molar-refractivity contribution in [1.82, 2.24) is 9.55 Å². The molecule has 0 aromatic carbocycles. The van der Waals surface area contributed by atoms with Crippen LogP contribution in [-0.2, 0) is 20.9 Å². The van der Waals surface area contributed by atoms with Crippen molar-refractivity contribution >= 4 is 46.6 Å². The Morgan fingerprint density at radius 2 is 1.93 bits per heavy atom. The lowest BCUT2D eigenvalue weighted by molar-refractivity contribution is -0.153. The monoisotopic (exact) mass is 462 g/mol. The van der Waals surface area contributed by atoms with E-state index in [1.54, 1.807) is 6.92 Å². The predicted molar refractivity (Wildman–Crippen MR) is 116 cm³/mol. The van der Waals surface area contributed by atoms with E-state index in [-0.39, 0.29) is 30.4 Å². The zero-order valence-electron chi connectivity index (χ0n) is 17.6. The molecule has 2 rings (SSSR count). The van der Waals surface area contributed by atoms with Crippen LogP contribution in [0.3, 0.4) is 0 Å². The number of nitrogens with zero attached hydrogens (tertiary/aromatic N) is 2. The van der Waals surface area contributed by atoms with E-state index >= 15 is 0 Å². The quantitative estimate of drug-likeness (QED) is 0.426. The molecule has 3 N–H and O–H groups in total. The molecule has 0 saturated heterocycles. The number of hydrogen-bond acceptors (Lipinski definition) is 6. The van der Waals surface area contributed by atoms with Crippen molar-refractivity contribution < 1.29 is 14.3 Å². The molecule has 1 aromatic rings. The molecule has 0 spiro atoms. The van der Waals surface area contributed by atoms with Crippen LogP contribution in [0, 0.1) is 11.3 Å². The molecule has 1 amide bonds. The first-order chi connectivity index (χ1) is 13.9. The highest BCUT2D eigenvalue weighted by Gasteiger charge is 2.69. The minimum absolute atomic E-state index is 0.0289. The highest BCUT2D eigenvalue weighted by Crippen LogP contribution is 2.64. The van der Waals surface area contributed by atoms with Gasteiger partial charge in [0, 0.05) is 19.5 Å². The third kappa shape index (κ3) is 4.83. The van der Waals surface area contributed by atoms with E-state index in [2.05, 4.69) is 4.98 Å². The number of nitrogen functional groups attached to an aromatic ring is 1. The number of aromatic nitrogens is 2. The number of aromatic amines is 1. The first-order valence-electron chi connectivity index (χ1n) is 9.83. The number of rotatable bonds is 9. The second-order valence-corrected chi connectivity index (χ2v) is 9.67. The fourth-order valence-electron chi connectivity index (χ4n) is 3.05. The van der Waals surface area contributed by atoms with Crippen LogP contribution in [-0.4, -0.2) is 38.9 Å². The summed E-state index contributed by atoms with van der Waals surface area (Å²) in [5.74, 6) is -1.47. The Balaban J connectivity index is 2.31. The van der Waals surface area contributed by atoms with Gasteiger partial charge in [-0.1, -0.05) is 27.2 Å². The van der Waals surface area contributed by atoms with E-state index in [0.29, 0.717) is 13.0 Å². The van der Waals surface area contributed by atoms with Gasteiger partial charge in [0.2, 0.25) is 0 Å². The van der Waals surface area contributed by atoms with E-state index in [1.165, 1.54) is 4.57 Å². The smallest absolute Gasteiger partial charge is 0.330 e. The number of carbonyl (C=O) groups is 2. The zero-order chi connectivity index (χ0) is 22.9. The van der Waals surface area contributed by atoms with Crippen LogP contribution in [0.1, 0.15) is 47.0 Å². The van der Waals surface area contributed by atoms with Gasteiger partial charge in [-0.25, -0.2) is 4.79 Å². The second kappa shape index (κ2) is 9.01. The Morgan fingerprint density at radius 3 is 2.43 bits per heavy atom. The SMILES string of the molecule is CCCCn1c(N)c(N(CC(C)C)C(=O)COC(=O)C2(C)CC2(Cl)Cl)c(=O)[nH]c1=O. The summed E-state index contributed by atoms with van der Waals surface area (Å²) < 4.78 is 5.14. The molecule has 1 aliphatic carbocycles. The molecule has 1 fully saturated rings. The second-order valence-electron chi connectivity index (χ2n) is 8.19. The van der Waals surface area contributed by atoms with Gasteiger partial charge >= 0.3 is 11.7 Å². The van der Waals surface area contributed by atoms with Crippen molar-refractivity contribution in [2.45, 2.75) is 57.8 Å². The van der Waals surface area contributed by atoms with Crippen LogP contribution in [0.25, 0.3) is 0 Å². The van der Waals surface area contributed by atoms with Crippen LogP contribution in [0.15, 0.2) is 9.59 Å². The maximum absolute atomic E-state index is 12.9. The summed E-state index contributed by atoms with van der Waals surface area (Å²) in [7, 11) is 0. The minimum atomic E-state index is -1.22. The van der Waals surface area contributed by atoms with E-state index in [9.17, 15) is 19.2 Å². The standard InChI is InChI=1S/C19H28Cl2N4O5/c1-5-6-7-24-14(22)13(15(27)23-17(24)29)25(8-11(2)3)12(26)9-30-16(28)18(4)10-19(18,20)21/h11H,5-10,22H2,1-4H3,(H,23,27,29). The summed E-state index contributed by atoms with van der Waals surface area (Å²) in [4.78, 5) is 53.2. The van der Waals surface area contributed by atoms with Crippen molar-refractivity contribution in [3.8, 4) is 0 Å². The molecule has 0 radical (unpaired) electrons. The number of esters is 1. The lowest BCUT2D eigenvalue weighted by Gasteiger charge is -2.26. The summed E-state index contributed by atoms with van der Waals surface area (Å²) in [6.45, 7) is 7.04. The Labute approximate surface area is 184 Å². The Morgan fingerprint density at radius 1 is 1.33 bits per heavy atom. The van der Waals surface area contributed by atoms with Crippen molar-refractivity contribution in [3.63, 3.8) is 0 Å². The minimum Gasteiger partial charge on any atom is -0.455 e. The highest BCUT2D eigenvalue weighted by atomic mass is 35.5. The molecule has 0 aliphatic heterocycles. The first kappa shape index (κ1) is 24.3. The summed E-state index contributed by atoms with van der Waals surface area (Å²) in [6, 6.07) is 0. The van der Waals surface area contributed by atoms with Gasteiger partial charge in [0.05, 0.1) is 0 Å². The predicted octanol–water partition coefficient (Wildman–Crippen LogP) is 2.03. The van der Waals surface area contributed by atoms with Gasteiger partial charge in [-0.2, -0.15) is 0 Å². The van der Waals surface area contributed by atoms with Crippen LogP contribution < -0.4 is 21.9 Å². The summed E-state index contributed by atoms with van der Waals surface area (Å²) >= 11 is 12.0. The lowest BCUT2D eigenvalue weighted by Crippen LogP contribution is -2.44. The number of alkyl halides is 2. The molecular weight excluding hydrogens is 435 g/mol. The fraction of sp³-hybridized carbons (Fsp3) is 0.684. The molecule has 1 atom stereocenters. The van der Waals surface area contributed by atoms with E-state index in [0.717, 1.165) is 11.3 Å². The number of ether oxygens (including phenoxy) is 1. The molecule has 9 nitrogen and oxygen atoms in total. The van der Waals surface area contributed by atoms with Crippen LogP contribution in [0.4, 0.5) is 11.5 Å². The van der Waals surface area contributed by atoms with Gasteiger partial charge in [-0.05, 0) is 19.3 Å². The van der Waals surface area contributed by atoms with E-state index < -0.39 is 39.5 Å². The van der Waals surface area contributed by atoms with Gasteiger partial charge in [0.25, 0.3) is 11.5 Å². The summed E-state index contributed by atoms with van der Waals surface area (Å²) in [6.07, 6.45) is 1.70. The maximum Gasteiger partial charge on any atom is 0.330 e. The largest absolute Gasteiger partial charge is 0.455 e. The first-order valence-corrected chi connectivity index (χ1v) is 10.6. The average molecular weight is 463 g/mol. The van der Waals surface area contributed by atoms with Gasteiger partial charge in [-0.15, -0.1) is 23.2 Å². The number of H-pyrrole nitrogens is 1. The molecular formula is C19H28Cl2N4O5. The van der Waals surface area contributed by atoms with Crippen molar-refractivity contribution in [1.29, 1.82) is 0 Å². The number of carbonyl (C=O) groups excluding carboxylic acids is 2. The highest BCUT2D eigenvalue weighted by molar-refractivity contribution is 6.53. The molecule has 30 heavy (non-hydrogen) atoms. The molecule has 1 unspecified atom stereocenters. The number of halogens is 2. The van der Waals surface area contributed by atoms with E-state index in [4.69, 9.17) is 33.7 Å². The normalized spacial score (nSPS) is 19.6. The molecule has 1 saturated carbocycles. The van der Waals surface area contributed by atoms with Crippen molar-refractivity contribution in [3.05, 3.63) is 20.8 Å². The maximum atomic E-state index is 12.9. The van der Waals surface area contributed by atoms with Gasteiger partial charge in [0.1, 0.15) is 15.6 Å². The number of unbranched alkanes of at least 4 members (excludes halogenated alkanes) is 1. The number of anilines is 2. The Bertz CT molecular complexity index is 940. The fourth-order valence-corrected chi connectivity index (χ4v) is 3.73. The summed E-state index contributed by atoms with van der Waals surface area (Å²) in [5.41, 5.74) is 3.48. The van der Waals surface area contributed by atoms with Crippen molar-refractivity contribution in [2.24, 2.45) is 11.3 Å². The van der Waals surface area contributed by atoms with E-state index in [1.807, 2.05) is 20.8 Å². The Hall–Kier alpha value is -2.00. The van der Waals surface area contributed by atoms with Crippen LogP contribution >= 0.6 is 23.2 Å². The van der Waals surface area contributed by atoms with Crippen LogP contribution in [0.5, 0.6) is 0 Å². The van der Waals surface area contributed by atoms with Crippen molar-refractivity contribution in [2.75, 3.05) is 23.8 Å². The molecule has 168 valence electrons. The third-order valence-electron chi connectivity index (χ3n) is 5.10. The third-order valence-corrected chi connectivity index (χ3v) is 6.20. The number of hydrogen-bond donors (Lipinski definition) is 2. The number of nitrogens with two attached hydrogens (primary N) is 1. The lowest BCUT2D eigenvalue weighted by atomic mass is 10.1. The molecule has 0 bridgehead atoms. The van der Waals surface area contributed by atoms with Gasteiger partial charge < -0.3 is 15.4 Å². The molecule has 1 aromatic heterocycles. The van der Waals surface area contributed by atoms with Crippen LogP contribution in [0.2, 0.25) is 0 Å². The molecule has 1 heterocycles. The number of nitrogens with one attached hydrogen (secondary N) is 1. The molecule has 1 aliphatic rings. The zero-order valence-corrected chi connectivity index (χ0v) is 19.1. The Kier molecular flexibility index (Phi) is 7.29. The average Bonchev–Trinajstić information content (AvgIpc) is 3.16. The number of amides is 1. The molecule has 11 heteroatoms. The summed E-state index contributed by atoms with van der Waals surface area (Å²) in [5, 5.41) is 0.